The van der Waals surface area contributed by atoms with Gasteiger partial charge in [-0.15, -0.1) is 0 Å². The van der Waals surface area contributed by atoms with E-state index in [-0.39, 0.29) is 0 Å². The van der Waals surface area contributed by atoms with Crippen molar-refractivity contribution < 1.29 is 8.78 Å². The van der Waals surface area contributed by atoms with E-state index >= 15 is 0 Å². The maximum Gasteiger partial charge on any atom is 0.183 e. The van der Waals surface area contributed by atoms with Gasteiger partial charge in [-0.3, -0.25) is 2.78 Å². The van der Waals surface area contributed by atoms with E-state index in [0.717, 1.165) is 16.6 Å². The van der Waals surface area contributed by atoms with Crippen LogP contribution in [0.5, 0.6) is 0 Å². The molecule has 0 fully saturated rings. The zero-order valence-corrected chi connectivity index (χ0v) is 9.89. The van der Waals surface area contributed by atoms with Crippen molar-refractivity contribution in [2.45, 2.75) is 13.8 Å². The van der Waals surface area contributed by atoms with Gasteiger partial charge in [0.2, 0.25) is 0 Å². The molecule has 1 aromatic heterocycles. The summed E-state index contributed by atoms with van der Waals surface area (Å²) >= 11 is 1.97. The topological polar surface area (TPSA) is 4.93 Å². The van der Waals surface area contributed by atoms with Crippen LogP contribution in [0.1, 0.15) is 11.3 Å². The molecule has 74 valence electrons. The number of hydrogen-bond donors (Lipinski definition) is 0. The molecule has 2 aromatic rings. The highest BCUT2D eigenvalue weighted by Gasteiger charge is 2.14. The third-order valence-electron chi connectivity index (χ3n) is 2.30. The third-order valence-corrected chi connectivity index (χ3v) is 3.54. The second kappa shape index (κ2) is 3.18. The highest BCUT2D eigenvalue weighted by atomic mass is 127. The van der Waals surface area contributed by atoms with Crippen LogP contribution in [0.2, 0.25) is 0 Å². The van der Waals surface area contributed by atoms with Gasteiger partial charge in [0.15, 0.2) is 11.6 Å². The van der Waals surface area contributed by atoms with E-state index < -0.39 is 11.6 Å². The Bertz CT molecular complexity index is 517. The fraction of sp³-hybridized carbons (Fsp3) is 0.200. The van der Waals surface area contributed by atoms with E-state index in [0.29, 0.717) is 5.52 Å². The highest BCUT2D eigenvalue weighted by molar-refractivity contribution is 14.1. The molecule has 0 N–H and O–H groups in total. The van der Waals surface area contributed by atoms with Crippen LogP contribution < -0.4 is 0 Å². The Balaban J connectivity index is 3.03. The van der Waals surface area contributed by atoms with E-state index in [9.17, 15) is 8.78 Å². The van der Waals surface area contributed by atoms with Gasteiger partial charge >= 0.3 is 0 Å². The minimum absolute atomic E-state index is 0.334. The molecule has 14 heavy (non-hydrogen) atoms. The van der Waals surface area contributed by atoms with Gasteiger partial charge in [0.1, 0.15) is 0 Å². The van der Waals surface area contributed by atoms with Crippen molar-refractivity contribution in [2.75, 3.05) is 0 Å². The Labute approximate surface area is 94.2 Å². The Kier molecular flexibility index (Phi) is 2.25. The van der Waals surface area contributed by atoms with Crippen molar-refractivity contribution in [3.05, 3.63) is 35.0 Å². The van der Waals surface area contributed by atoms with Gasteiger partial charge < -0.3 is 0 Å². The molecule has 0 radical (unpaired) electrons. The number of halogens is 3. The fourth-order valence-corrected chi connectivity index (χ4v) is 2.18. The number of benzene rings is 1. The first-order valence-corrected chi connectivity index (χ1v) is 5.11. The van der Waals surface area contributed by atoms with Crippen LogP contribution in [0.3, 0.4) is 0 Å². The number of aryl methyl sites for hydroxylation is 2. The number of fused-ring (bicyclic) bond motifs is 1. The van der Waals surface area contributed by atoms with Crippen molar-refractivity contribution in [1.29, 1.82) is 0 Å². The molecule has 0 bridgehead atoms. The molecular formula is C10H8F2IN. The Morgan fingerprint density at radius 3 is 2.50 bits per heavy atom. The maximum absolute atomic E-state index is 13.5. The normalized spacial score (nSPS) is 11.2. The molecule has 1 nitrogen and oxygen atoms in total. The van der Waals surface area contributed by atoms with Gasteiger partial charge in [0.25, 0.3) is 0 Å². The second-order valence-corrected chi connectivity index (χ2v) is 4.28. The average Bonchev–Trinajstić information content (AvgIpc) is 2.41. The van der Waals surface area contributed by atoms with E-state index in [1.54, 1.807) is 9.70 Å². The van der Waals surface area contributed by atoms with Crippen LogP contribution in [0.15, 0.2) is 12.1 Å². The summed E-state index contributed by atoms with van der Waals surface area (Å²) in [6.45, 7) is 3.64. The smallest absolute Gasteiger partial charge is 0.183 e. The quantitative estimate of drug-likeness (QED) is 0.654. The first-order chi connectivity index (χ1) is 6.52. The molecule has 0 aliphatic heterocycles. The molecule has 0 spiro atoms. The predicted octanol–water partition coefficient (Wildman–Crippen LogP) is 3.73. The summed E-state index contributed by atoms with van der Waals surface area (Å²) in [6.07, 6.45) is 0. The summed E-state index contributed by atoms with van der Waals surface area (Å²) < 4.78 is 28.2. The highest BCUT2D eigenvalue weighted by Crippen LogP contribution is 2.28. The molecule has 0 aliphatic carbocycles. The molecule has 0 aliphatic rings. The van der Waals surface area contributed by atoms with Crippen molar-refractivity contribution in [1.82, 2.24) is 2.78 Å². The summed E-state index contributed by atoms with van der Waals surface area (Å²) in [7, 11) is 0. The molecular weight excluding hydrogens is 299 g/mol. The monoisotopic (exact) mass is 307 g/mol. The largest absolute Gasteiger partial charge is 0.284 e. The van der Waals surface area contributed by atoms with Crippen molar-refractivity contribution in [3.8, 4) is 0 Å². The molecule has 0 saturated carbocycles. The van der Waals surface area contributed by atoms with E-state index in [1.807, 2.05) is 35.9 Å². The van der Waals surface area contributed by atoms with Crippen molar-refractivity contribution in [2.24, 2.45) is 0 Å². The van der Waals surface area contributed by atoms with Gasteiger partial charge in [-0.25, -0.2) is 8.78 Å². The minimum atomic E-state index is -0.786. The third kappa shape index (κ3) is 1.24. The number of nitrogens with zero attached hydrogens (tertiary/aromatic N) is 1. The fourth-order valence-electron chi connectivity index (χ4n) is 1.57. The summed E-state index contributed by atoms with van der Waals surface area (Å²) in [4.78, 5) is 0. The lowest BCUT2D eigenvalue weighted by molar-refractivity contribution is 0.514. The van der Waals surface area contributed by atoms with Gasteiger partial charge in [-0.2, -0.15) is 0 Å². The summed E-state index contributed by atoms with van der Waals surface area (Å²) in [5.74, 6) is -1.56. The second-order valence-electron chi connectivity index (χ2n) is 3.32. The van der Waals surface area contributed by atoms with Gasteiger partial charge in [-0.1, -0.05) is 0 Å². The zero-order chi connectivity index (χ0) is 10.5. The van der Waals surface area contributed by atoms with Gasteiger partial charge in [0, 0.05) is 11.1 Å². The Morgan fingerprint density at radius 2 is 1.86 bits per heavy atom. The SMILES string of the molecule is Cc1cc(F)c(F)c2c1cc(C)n2I. The first kappa shape index (κ1) is 9.89. The minimum Gasteiger partial charge on any atom is -0.284 e. The van der Waals surface area contributed by atoms with E-state index in [1.165, 1.54) is 6.07 Å². The van der Waals surface area contributed by atoms with Crippen molar-refractivity contribution >= 4 is 33.8 Å². The zero-order valence-electron chi connectivity index (χ0n) is 7.74. The predicted molar refractivity (Wildman–Crippen MR) is 60.7 cm³/mol. The van der Waals surface area contributed by atoms with E-state index in [2.05, 4.69) is 0 Å². The molecule has 1 aromatic carbocycles. The molecule has 0 atom stereocenters. The Hall–Kier alpha value is -0.650. The van der Waals surface area contributed by atoms with E-state index in [4.69, 9.17) is 0 Å². The summed E-state index contributed by atoms with van der Waals surface area (Å²) in [5.41, 5.74) is 2.01. The van der Waals surface area contributed by atoms with Crippen LogP contribution >= 0.6 is 22.9 Å². The van der Waals surface area contributed by atoms with Gasteiger partial charge in [0.05, 0.1) is 28.4 Å². The lowest BCUT2D eigenvalue weighted by Gasteiger charge is -2.01. The van der Waals surface area contributed by atoms with Crippen LogP contribution in [0.4, 0.5) is 8.78 Å². The summed E-state index contributed by atoms with van der Waals surface area (Å²) in [6, 6.07) is 3.09. The molecule has 0 saturated heterocycles. The first-order valence-electron chi connectivity index (χ1n) is 4.15. The van der Waals surface area contributed by atoms with Crippen LogP contribution in [-0.2, 0) is 0 Å². The van der Waals surface area contributed by atoms with Crippen LogP contribution in [0, 0.1) is 25.5 Å². The molecule has 0 unspecified atom stereocenters. The average molecular weight is 307 g/mol. The van der Waals surface area contributed by atoms with Crippen LogP contribution in [0.25, 0.3) is 10.9 Å². The molecule has 4 heteroatoms. The Morgan fingerprint density at radius 1 is 1.21 bits per heavy atom. The number of hydrogen-bond acceptors (Lipinski definition) is 0. The lowest BCUT2D eigenvalue weighted by atomic mass is 10.1. The standard InChI is InChI=1S/C10H8F2IN/c1-5-3-8(11)9(12)10-7(5)4-6(2)14(10)13/h3-4H,1-2H3. The summed E-state index contributed by atoms with van der Waals surface area (Å²) in [5, 5.41) is 0.774. The molecule has 1 heterocycles. The molecule has 2 rings (SSSR count). The lowest BCUT2D eigenvalue weighted by Crippen LogP contribution is -1.91. The number of aromatic nitrogens is 1. The van der Waals surface area contributed by atoms with Gasteiger partial charge in [-0.05, 0) is 31.5 Å². The number of rotatable bonds is 0. The van der Waals surface area contributed by atoms with Crippen molar-refractivity contribution in [3.63, 3.8) is 0 Å². The van der Waals surface area contributed by atoms with Crippen LogP contribution in [-0.4, -0.2) is 2.78 Å². The molecule has 0 amide bonds. The maximum atomic E-state index is 13.5.